The lowest BCUT2D eigenvalue weighted by Crippen LogP contribution is -2.06. The van der Waals surface area contributed by atoms with Gasteiger partial charge in [0.2, 0.25) is 0 Å². The summed E-state index contributed by atoms with van der Waals surface area (Å²) in [6, 6.07) is 3.79. The fraction of sp³-hybridized carbons (Fsp3) is 0.278. The van der Waals surface area contributed by atoms with E-state index in [9.17, 15) is 20.1 Å². The zero-order valence-electron chi connectivity index (χ0n) is 12.9. The van der Waals surface area contributed by atoms with Gasteiger partial charge in [-0.3, -0.25) is 4.79 Å². The quantitative estimate of drug-likeness (QED) is 0.424. The third-order valence-electron chi connectivity index (χ3n) is 3.41. The molecule has 5 heteroatoms. The van der Waals surface area contributed by atoms with E-state index >= 15 is 0 Å². The SMILES string of the molecule is CCCOC1=C(O)CC(/C=C/C(=O)c2cc(O)ccc2O)C=C1. The van der Waals surface area contributed by atoms with Crippen LogP contribution in [0.25, 0.3) is 0 Å². The molecular formula is C18H20O5. The van der Waals surface area contributed by atoms with Gasteiger partial charge in [-0.2, -0.15) is 0 Å². The van der Waals surface area contributed by atoms with Crippen molar-refractivity contribution in [3.63, 3.8) is 0 Å². The van der Waals surface area contributed by atoms with Crippen LogP contribution in [-0.4, -0.2) is 27.7 Å². The van der Waals surface area contributed by atoms with Crippen LogP contribution in [0.2, 0.25) is 0 Å². The molecule has 1 aliphatic carbocycles. The highest BCUT2D eigenvalue weighted by atomic mass is 16.5. The molecule has 0 aliphatic heterocycles. The first-order valence-corrected chi connectivity index (χ1v) is 7.49. The molecule has 0 aromatic heterocycles. The number of aromatic hydroxyl groups is 2. The van der Waals surface area contributed by atoms with Crippen LogP contribution in [0.1, 0.15) is 30.1 Å². The minimum atomic E-state index is -0.414. The van der Waals surface area contributed by atoms with Crippen LogP contribution in [0.15, 0.2) is 54.0 Å². The van der Waals surface area contributed by atoms with Gasteiger partial charge < -0.3 is 20.1 Å². The zero-order chi connectivity index (χ0) is 16.8. The molecule has 1 aromatic carbocycles. The molecule has 1 unspecified atom stereocenters. The number of ketones is 1. The molecule has 0 saturated carbocycles. The van der Waals surface area contributed by atoms with Crippen molar-refractivity contribution in [3.05, 3.63) is 59.6 Å². The number of phenolic OH excluding ortho intramolecular Hbond substituents is 2. The molecule has 2 rings (SSSR count). The summed E-state index contributed by atoms with van der Waals surface area (Å²) in [5.74, 6) is -0.197. The fourth-order valence-electron chi connectivity index (χ4n) is 2.20. The number of carbonyl (C=O) groups excluding carboxylic acids is 1. The van der Waals surface area contributed by atoms with Crippen molar-refractivity contribution in [2.24, 2.45) is 5.92 Å². The van der Waals surface area contributed by atoms with E-state index in [4.69, 9.17) is 4.74 Å². The van der Waals surface area contributed by atoms with Crippen molar-refractivity contribution >= 4 is 5.78 Å². The Bertz CT molecular complexity index is 670. The molecule has 5 nitrogen and oxygen atoms in total. The van der Waals surface area contributed by atoms with Gasteiger partial charge in [0.05, 0.1) is 12.2 Å². The van der Waals surface area contributed by atoms with Gasteiger partial charge in [-0.1, -0.05) is 19.1 Å². The predicted octanol–water partition coefficient (Wildman–Crippen LogP) is 3.61. The Kier molecular flexibility index (Phi) is 5.46. The van der Waals surface area contributed by atoms with Crippen LogP contribution in [0, 0.1) is 5.92 Å². The van der Waals surface area contributed by atoms with Crippen LogP contribution in [0.4, 0.5) is 0 Å². The van der Waals surface area contributed by atoms with E-state index in [0.717, 1.165) is 6.42 Å². The summed E-state index contributed by atoms with van der Waals surface area (Å²) in [5.41, 5.74) is 0.0350. The number of ether oxygens (including phenoxy) is 1. The van der Waals surface area contributed by atoms with E-state index in [-0.39, 0.29) is 28.7 Å². The number of hydrogen-bond acceptors (Lipinski definition) is 5. The van der Waals surface area contributed by atoms with Gasteiger partial charge in [0, 0.05) is 12.3 Å². The number of carbonyl (C=O) groups is 1. The highest BCUT2D eigenvalue weighted by molar-refractivity contribution is 6.06. The summed E-state index contributed by atoms with van der Waals surface area (Å²) in [4.78, 5) is 12.1. The molecule has 23 heavy (non-hydrogen) atoms. The largest absolute Gasteiger partial charge is 0.508 e. The molecule has 1 aromatic rings. The lowest BCUT2D eigenvalue weighted by Gasteiger charge is -2.16. The fourth-order valence-corrected chi connectivity index (χ4v) is 2.20. The van der Waals surface area contributed by atoms with E-state index < -0.39 is 5.78 Å². The van der Waals surface area contributed by atoms with Gasteiger partial charge in [0.15, 0.2) is 11.5 Å². The first-order chi connectivity index (χ1) is 11.0. The molecule has 0 fully saturated rings. The number of benzene rings is 1. The van der Waals surface area contributed by atoms with Crippen LogP contribution >= 0.6 is 0 Å². The topological polar surface area (TPSA) is 87.0 Å². The third-order valence-corrected chi connectivity index (χ3v) is 3.41. The summed E-state index contributed by atoms with van der Waals surface area (Å²) in [6.45, 7) is 2.53. The molecule has 0 heterocycles. The normalized spacial score (nSPS) is 17.7. The van der Waals surface area contributed by atoms with E-state index in [0.29, 0.717) is 18.8 Å². The summed E-state index contributed by atoms with van der Waals surface area (Å²) >= 11 is 0. The smallest absolute Gasteiger partial charge is 0.189 e. The second-order valence-electron chi connectivity index (χ2n) is 5.31. The molecule has 0 spiro atoms. The Balaban J connectivity index is 2.02. The zero-order valence-corrected chi connectivity index (χ0v) is 12.9. The maximum Gasteiger partial charge on any atom is 0.189 e. The summed E-state index contributed by atoms with van der Waals surface area (Å²) < 4.78 is 5.41. The Morgan fingerprint density at radius 2 is 2.13 bits per heavy atom. The molecule has 0 bridgehead atoms. The molecule has 1 aliphatic rings. The molecule has 0 saturated heterocycles. The molecule has 0 radical (unpaired) electrons. The van der Waals surface area contributed by atoms with Gasteiger partial charge >= 0.3 is 0 Å². The van der Waals surface area contributed by atoms with Crippen molar-refractivity contribution in [2.75, 3.05) is 6.61 Å². The highest BCUT2D eigenvalue weighted by Crippen LogP contribution is 2.25. The number of aliphatic hydroxyl groups is 1. The minimum Gasteiger partial charge on any atom is -0.508 e. The Labute approximate surface area is 134 Å². The second kappa shape index (κ2) is 7.54. The lowest BCUT2D eigenvalue weighted by molar-refractivity contribution is 0.104. The van der Waals surface area contributed by atoms with Crippen molar-refractivity contribution in [1.82, 2.24) is 0 Å². The van der Waals surface area contributed by atoms with Crippen LogP contribution < -0.4 is 0 Å². The summed E-state index contributed by atoms with van der Waals surface area (Å²) in [7, 11) is 0. The highest BCUT2D eigenvalue weighted by Gasteiger charge is 2.16. The molecule has 0 amide bonds. The first kappa shape index (κ1) is 16.7. The van der Waals surface area contributed by atoms with Crippen LogP contribution in [-0.2, 0) is 4.74 Å². The average molecular weight is 316 g/mol. The second-order valence-corrected chi connectivity index (χ2v) is 5.31. The van der Waals surface area contributed by atoms with Crippen LogP contribution in [0.5, 0.6) is 11.5 Å². The van der Waals surface area contributed by atoms with E-state index in [1.54, 1.807) is 12.2 Å². The van der Waals surface area contributed by atoms with Crippen LogP contribution in [0.3, 0.4) is 0 Å². The Morgan fingerprint density at radius 1 is 1.35 bits per heavy atom. The van der Waals surface area contributed by atoms with Gasteiger partial charge in [-0.15, -0.1) is 0 Å². The van der Waals surface area contributed by atoms with E-state index in [1.807, 2.05) is 13.0 Å². The van der Waals surface area contributed by atoms with E-state index in [1.165, 1.54) is 24.3 Å². The number of hydrogen-bond donors (Lipinski definition) is 3. The van der Waals surface area contributed by atoms with Gasteiger partial charge in [-0.25, -0.2) is 0 Å². The number of allylic oxidation sites excluding steroid dienone is 5. The van der Waals surface area contributed by atoms with Gasteiger partial charge in [0.25, 0.3) is 0 Å². The van der Waals surface area contributed by atoms with Gasteiger partial charge in [-0.05, 0) is 36.8 Å². The molecular weight excluding hydrogens is 296 g/mol. The van der Waals surface area contributed by atoms with Crippen molar-refractivity contribution in [3.8, 4) is 11.5 Å². The average Bonchev–Trinajstić information content (AvgIpc) is 2.54. The van der Waals surface area contributed by atoms with Crippen molar-refractivity contribution < 1.29 is 24.9 Å². The van der Waals surface area contributed by atoms with E-state index in [2.05, 4.69) is 0 Å². The molecule has 3 N–H and O–H groups in total. The minimum absolute atomic E-state index is 0.0350. The third kappa shape index (κ3) is 4.39. The maximum atomic E-state index is 12.1. The maximum absolute atomic E-state index is 12.1. The standard InChI is InChI=1S/C18H20O5/c1-2-9-23-18-8-4-12(10-17(18)22)3-6-15(20)14-11-13(19)5-7-16(14)21/h3-8,11-12,19,21-22H,2,9-10H2,1H3/b6-3+. The van der Waals surface area contributed by atoms with Crippen molar-refractivity contribution in [2.45, 2.75) is 19.8 Å². The monoisotopic (exact) mass is 316 g/mol. The summed E-state index contributed by atoms with van der Waals surface area (Å²) in [5, 5.41) is 29.0. The Morgan fingerprint density at radius 3 is 2.83 bits per heavy atom. The first-order valence-electron chi connectivity index (χ1n) is 7.49. The number of phenols is 2. The van der Waals surface area contributed by atoms with Gasteiger partial charge in [0.1, 0.15) is 17.3 Å². The molecule has 1 atom stereocenters. The van der Waals surface area contributed by atoms with Crippen molar-refractivity contribution in [1.29, 1.82) is 0 Å². The number of aliphatic hydroxyl groups excluding tert-OH is 1. The lowest BCUT2D eigenvalue weighted by atomic mass is 9.97. The predicted molar refractivity (Wildman–Crippen MR) is 86.4 cm³/mol. The number of rotatable bonds is 6. The Hall–Kier alpha value is -2.69. The summed E-state index contributed by atoms with van der Waals surface area (Å²) in [6.07, 6.45) is 7.72. The molecule has 122 valence electrons.